The molecular weight excluding hydrogens is 282 g/mol. The van der Waals surface area contributed by atoms with Crippen molar-refractivity contribution in [3.63, 3.8) is 0 Å². The molecule has 94 valence electrons. The van der Waals surface area contributed by atoms with E-state index in [-0.39, 0.29) is 11.5 Å². The maximum atomic E-state index is 11.3. The number of hydrogen-bond donors (Lipinski definition) is 0. The molecule has 2 rings (SSSR count). The van der Waals surface area contributed by atoms with Gasteiger partial charge in [-0.2, -0.15) is 0 Å². The summed E-state index contributed by atoms with van der Waals surface area (Å²) in [4.78, 5) is 10.3. The van der Waals surface area contributed by atoms with Gasteiger partial charge in [-0.25, -0.2) is 18.4 Å². The molecule has 1 aliphatic rings. The molecule has 0 radical (unpaired) electrons. The maximum Gasteiger partial charge on any atom is 0.190 e. The molecule has 1 aliphatic heterocycles. The van der Waals surface area contributed by atoms with Crippen molar-refractivity contribution in [3.05, 3.63) is 11.2 Å². The Hall–Kier alpha value is -0.530. The Morgan fingerprint density at radius 3 is 2.59 bits per heavy atom. The topological polar surface area (TPSA) is 63.2 Å². The molecule has 8 heteroatoms. The van der Waals surface area contributed by atoms with Crippen molar-refractivity contribution in [3.8, 4) is 0 Å². The lowest BCUT2D eigenvalue weighted by Gasteiger charge is -2.27. The molecule has 17 heavy (non-hydrogen) atoms. The third-order valence-corrected chi connectivity index (χ3v) is 4.86. The van der Waals surface area contributed by atoms with Gasteiger partial charge in [0.2, 0.25) is 0 Å². The predicted molar refractivity (Wildman–Crippen MR) is 69.7 cm³/mol. The van der Waals surface area contributed by atoms with E-state index in [9.17, 15) is 8.42 Å². The van der Waals surface area contributed by atoms with Crippen molar-refractivity contribution in [2.45, 2.75) is 5.16 Å². The summed E-state index contributed by atoms with van der Waals surface area (Å²) in [6.07, 6.45) is 1.87. The fourth-order valence-corrected chi connectivity index (χ4v) is 3.38. The highest BCUT2D eigenvalue weighted by Gasteiger charge is 2.23. The summed E-state index contributed by atoms with van der Waals surface area (Å²) in [6.45, 7) is 0.924. The Labute approximate surface area is 110 Å². The molecule has 0 atom stereocenters. The highest BCUT2D eigenvalue weighted by atomic mass is 35.5. The van der Waals surface area contributed by atoms with Crippen molar-refractivity contribution < 1.29 is 8.42 Å². The fraction of sp³-hybridized carbons (Fsp3) is 0.556. The van der Waals surface area contributed by atoms with Crippen LogP contribution in [0.25, 0.3) is 0 Å². The second-order valence-electron chi connectivity index (χ2n) is 3.67. The van der Waals surface area contributed by atoms with Crippen molar-refractivity contribution in [2.75, 3.05) is 35.8 Å². The predicted octanol–water partition coefficient (Wildman–Crippen LogP) is 1.09. The summed E-state index contributed by atoms with van der Waals surface area (Å²) in [5.74, 6) is 1.04. The first-order valence-electron chi connectivity index (χ1n) is 5.04. The van der Waals surface area contributed by atoms with Gasteiger partial charge in [0.15, 0.2) is 15.0 Å². The zero-order valence-electron chi connectivity index (χ0n) is 9.26. The maximum absolute atomic E-state index is 11.3. The van der Waals surface area contributed by atoms with Crippen LogP contribution in [0, 0.1) is 0 Å². The monoisotopic (exact) mass is 293 g/mol. The summed E-state index contributed by atoms with van der Waals surface area (Å²) in [6, 6.07) is 1.67. The van der Waals surface area contributed by atoms with Gasteiger partial charge in [0, 0.05) is 19.2 Å². The summed E-state index contributed by atoms with van der Waals surface area (Å²) < 4.78 is 22.7. The van der Waals surface area contributed by atoms with E-state index in [1.807, 2.05) is 11.2 Å². The minimum Gasteiger partial charge on any atom is -0.354 e. The summed E-state index contributed by atoms with van der Waals surface area (Å²) in [7, 11) is -2.87. The molecule has 0 saturated carbocycles. The molecule has 0 amide bonds. The van der Waals surface area contributed by atoms with Crippen LogP contribution in [-0.4, -0.2) is 49.2 Å². The molecule has 0 aliphatic carbocycles. The first-order valence-corrected chi connectivity index (χ1v) is 8.46. The molecular formula is C9H12ClN3O2S2. The van der Waals surface area contributed by atoms with E-state index in [1.54, 1.807) is 6.07 Å². The lowest BCUT2D eigenvalue weighted by molar-refractivity contribution is 0.586. The van der Waals surface area contributed by atoms with Gasteiger partial charge in [0.25, 0.3) is 0 Å². The first-order chi connectivity index (χ1) is 8.00. The van der Waals surface area contributed by atoms with Crippen LogP contribution in [-0.2, 0) is 9.84 Å². The van der Waals surface area contributed by atoms with Crippen LogP contribution < -0.4 is 4.90 Å². The van der Waals surface area contributed by atoms with Crippen LogP contribution in [0.2, 0.25) is 5.15 Å². The van der Waals surface area contributed by atoms with Crippen molar-refractivity contribution >= 4 is 39.0 Å². The average Bonchev–Trinajstić information content (AvgIpc) is 2.28. The quantitative estimate of drug-likeness (QED) is 0.462. The average molecular weight is 294 g/mol. The first kappa shape index (κ1) is 12.9. The van der Waals surface area contributed by atoms with E-state index in [0.29, 0.717) is 29.2 Å². The zero-order chi connectivity index (χ0) is 12.5. The lowest BCUT2D eigenvalue weighted by Crippen LogP contribution is -2.40. The molecule has 0 spiro atoms. The van der Waals surface area contributed by atoms with Gasteiger partial charge in [-0.3, -0.25) is 0 Å². The van der Waals surface area contributed by atoms with Crippen LogP contribution in [0.3, 0.4) is 0 Å². The number of nitrogens with zero attached hydrogens (tertiary/aromatic N) is 3. The van der Waals surface area contributed by atoms with E-state index < -0.39 is 9.84 Å². The number of thioether (sulfide) groups is 1. The largest absolute Gasteiger partial charge is 0.354 e. The lowest BCUT2D eigenvalue weighted by atomic mass is 10.4. The molecule has 0 aromatic carbocycles. The Kier molecular flexibility index (Phi) is 3.79. The molecule has 5 nitrogen and oxygen atoms in total. The molecule has 0 unspecified atom stereocenters. The Balaban J connectivity index is 2.21. The number of aromatic nitrogens is 2. The number of anilines is 1. The van der Waals surface area contributed by atoms with Gasteiger partial charge in [0.05, 0.1) is 11.5 Å². The number of halogens is 1. The highest BCUT2D eigenvalue weighted by molar-refractivity contribution is 7.98. The fourth-order valence-electron chi connectivity index (χ4n) is 1.58. The third-order valence-electron chi connectivity index (χ3n) is 2.51. The van der Waals surface area contributed by atoms with Gasteiger partial charge in [-0.15, -0.1) is 0 Å². The minimum atomic E-state index is -2.87. The van der Waals surface area contributed by atoms with Gasteiger partial charge >= 0.3 is 0 Å². The van der Waals surface area contributed by atoms with Gasteiger partial charge < -0.3 is 4.90 Å². The Morgan fingerprint density at radius 2 is 2.00 bits per heavy atom. The second kappa shape index (κ2) is 4.99. The van der Waals surface area contributed by atoms with Crippen LogP contribution >= 0.6 is 23.4 Å². The Bertz CT molecular complexity index is 507. The van der Waals surface area contributed by atoms with E-state index >= 15 is 0 Å². The molecule has 0 bridgehead atoms. The summed E-state index contributed by atoms with van der Waals surface area (Å²) in [5.41, 5.74) is 0. The standard InChI is InChI=1S/C9H12ClN3O2S2/c1-16-9-11-7(10)6-8(12-9)13-2-4-17(14,15)5-3-13/h6H,2-5H2,1H3. The third kappa shape index (κ3) is 3.23. The van der Waals surface area contributed by atoms with Gasteiger partial charge in [-0.05, 0) is 6.26 Å². The molecule has 2 heterocycles. The van der Waals surface area contributed by atoms with E-state index in [0.717, 1.165) is 0 Å². The van der Waals surface area contributed by atoms with Crippen LogP contribution in [0.15, 0.2) is 11.2 Å². The van der Waals surface area contributed by atoms with E-state index in [1.165, 1.54) is 11.8 Å². The highest BCUT2D eigenvalue weighted by Crippen LogP contribution is 2.21. The van der Waals surface area contributed by atoms with Crippen molar-refractivity contribution in [1.82, 2.24) is 9.97 Å². The van der Waals surface area contributed by atoms with Crippen LogP contribution in [0.4, 0.5) is 5.82 Å². The number of sulfone groups is 1. The van der Waals surface area contributed by atoms with Gasteiger partial charge in [-0.1, -0.05) is 23.4 Å². The summed E-state index contributed by atoms with van der Waals surface area (Å²) in [5, 5.41) is 0.980. The summed E-state index contributed by atoms with van der Waals surface area (Å²) >= 11 is 7.30. The zero-order valence-corrected chi connectivity index (χ0v) is 11.6. The number of rotatable bonds is 2. The van der Waals surface area contributed by atoms with Crippen LogP contribution in [0.1, 0.15) is 0 Å². The van der Waals surface area contributed by atoms with Crippen LogP contribution in [0.5, 0.6) is 0 Å². The second-order valence-corrected chi connectivity index (χ2v) is 7.14. The van der Waals surface area contributed by atoms with E-state index in [4.69, 9.17) is 11.6 Å². The molecule has 1 aromatic heterocycles. The molecule has 1 aromatic rings. The smallest absolute Gasteiger partial charge is 0.190 e. The molecule has 0 N–H and O–H groups in total. The number of hydrogen-bond acceptors (Lipinski definition) is 6. The SMILES string of the molecule is CSc1nc(Cl)cc(N2CCS(=O)(=O)CC2)n1. The van der Waals surface area contributed by atoms with E-state index in [2.05, 4.69) is 9.97 Å². The molecule has 1 fully saturated rings. The Morgan fingerprint density at radius 1 is 1.35 bits per heavy atom. The normalized spacial score (nSPS) is 19.3. The van der Waals surface area contributed by atoms with Crippen molar-refractivity contribution in [2.24, 2.45) is 0 Å². The van der Waals surface area contributed by atoms with Crippen molar-refractivity contribution in [1.29, 1.82) is 0 Å². The van der Waals surface area contributed by atoms with Gasteiger partial charge in [0.1, 0.15) is 11.0 Å². The molecule has 1 saturated heterocycles. The minimum absolute atomic E-state index is 0.170.